The first-order chi connectivity index (χ1) is 10.8. The lowest BCUT2D eigenvalue weighted by Crippen LogP contribution is -2.35. The lowest BCUT2D eigenvalue weighted by Gasteiger charge is -2.23. The second-order valence-corrected chi connectivity index (χ2v) is 7.33. The quantitative estimate of drug-likeness (QED) is 0.881. The van der Waals surface area contributed by atoms with Crippen LogP contribution < -0.4 is 4.31 Å². The molecular formula is C17H19NO4S. The predicted octanol–water partition coefficient (Wildman–Crippen LogP) is 3.09. The average Bonchev–Trinajstić information content (AvgIpc) is 2.53. The van der Waals surface area contributed by atoms with E-state index in [4.69, 9.17) is 5.11 Å². The summed E-state index contributed by atoms with van der Waals surface area (Å²) in [5.74, 6) is -0.903. The summed E-state index contributed by atoms with van der Waals surface area (Å²) < 4.78 is 26.4. The molecule has 0 bridgehead atoms. The molecule has 1 N–H and O–H groups in total. The molecule has 0 saturated heterocycles. The highest BCUT2D eigenvalue weighted by atomic mass is 32.2. The molecule has 6 heteroatoms. The second kappa shape index (κ2) is 6.83. The zero-order valence-electron chi connectivity index (χ0n) is 13.0. The molecule has 0 aromatic heterocycles. The maximum atomic E-state index is 12.7. The fourth-order valence-corrected chi connectivity index (χ4v) is 3.62. The number of carbonyl (C=O) groups is 1. The molecule has 5 nitrogen and oxygen atoms in total. The summed E-state index contributed by atoms with van der Waals surface area (Å²) >= 11 is 0. The molecule has 0 atom stereocenters. The third-order valence-corrected chi connectivity index (χ3v) is 5.25. The molecule has 122 valence electrons. The van der Waals surface area contributed by atoms with Crippen molar-refractivity contribution in [3.63, 3.8) is 0 Å². The minimum absolute atomic E-state index is 0.0641. The SMILES string of the molecule is CC(C)c1ccc(N(CC(=O)O)S(=O)(=O)c2ccccc2)cc1. The Morgan fingerprint density at radius 1 is 1.04 bits per heavy atom. The number of sulfonamides is 1. The van der Waals surface area contributed by atoms with E-state index >= 15 is 0 Å². The van der Waals surface area contributed by atoms with Gasteiger partial charge in [-0.1, -0.05) is 44.2 Å². The van der Waals surface area contributed by atoms with Crippen molar-refractivity contribution in [1.29, 1.82) is 0 Å². The van der Waals surface area contributed by atoms with Crippen LogP contribution >= 0.6 is 0 Å². The number of carboxylic acid groups (broad SMARTS) is 1. The summed E-state index contributed by atoms with van der Waals surface area (Å²) in [7, 11) is -3.93. The zero-order chi connectivity index (χ0) is 17.0. The van der Waals surface area contributed by atoms with Crippen LogP contribution in [-0.2, 0) is 14.8 Å². The Labute approximate surface area is 136 Å². The van der Waals surface area contributed by atoms with Gasteiger partial charge in [0, 0.05) is 0 Å². The molecule has 0 fully saturated rings. The van der Waals surface area contributed by atoms with Gasteiger partial charge in [0.2, 0.25) is 0 Å². The Morgan fingerprint density at radius 2 is 1.61 bits per heavy atom. The summed E-state index contributed by atoms with van der Waals surface area (Å²) in [6, 6.07) is 14.7. The van der Waals surface area contributed by atoms with Gasteiger partial charge >= 0.3 is 5.97 Å². The van der Waals surface area contributed by atoms with Gasteiger partial charge in [-0.2, -0.15) is 0 Å². The van der Waals surface area contributed by atoms with E-state index in [0.717, 1.165) is 9.87 Å². The number of hydrogen-bond acceptors (Lipinski definition) is 3. The van der Waals surface area contributed by atoms with Crippen molar-refractivity contribution in [1.82, 2.24) is 0 Å². The van der Waals surface area contributed by atoms with Crippen molar-refractivity contribution < 1.29 is 18.3 Å². The Hall–Kier alpha value is -2.34. The zero-order valence-corrected chi connectivity index (χ0v) is 13.8. The topological polar surface area (TPSA) is 74.7 Å². The number of benzene rings is 2. The van der Waals surface area contributed by atoms with Gasteiger partial charge in [0.25, 0.3) is 10.0 Å². The van der Waals surface area contributed by atoms with Crippen LogP contribution in [0.15, 0.2) is 59.5 Å². The minimum Gasteiger partial charge on any atom is -0.480 e. The smallest absolute Gasteiger partial charge is 0.324 e. The van der Waals surface area contributed by atoms with Crippen LogP contribution in [0.1, 0.15) is 25.3 Å². The van der Waals surface area contributed by atoms with E-state index in [2.05, 4.69) is 0 Å². The molecule has 0 heterocycles. The van der Waals surface area contributed by atoms with Crippen LogP contribution in [0.5, 0.6) is 0 Å². The van der Waals surface area contributed by atoms with Crippen molar-refractivity contribution in [2.24, 2.45) is 0 Å². The Kier molecular flexibility index (Phi) is 5.05. The lowest BCUT2D eigenvalue weighted by molar-refractivity contribution is -0.135. The normalized spacial score (nSPS) is 11.4. The van der Waals surface area contributed by atoms with Gasteiger partial charge in [-0.3, -0.25) is 9.10 Å². The monoisotopic (exact) mass is 333 g/mol. The number of nitrogens with zero attached hydrogens (tertiary/aromatic N) is 1. The highest BCUT2D eigenvalue weighted by Crippen LogP contribution is 2.25. The van der Waals surface area contributed by atoms with Crippen LogP contribution in [0.2, 0.25) is 0 Å². The molecule has 0 saturated carbocycles. The maximum absolute atomic E-state index is 12.7. The first-order valence-corrected chi connectivity index (χ1v) is 8.66. The summed E-state index contributed by atoms with van der Waals surface area (Å²) in [6.07, 6.45) is 0. The number of anilines is 1. The Morgan fingerprint density at radius 3 is 2.09 bits per heavy atom. The Balaban J connectivity index is 2.47. The number of rotatable bonds is 6. The molecule has 0 unspecified atom stereocenters. The highest BCUT2D eigenvalue weighted by molar-refractivity contribution is 7.92. The molecule has 0 spiro atoms. The third-order valence-electron chi connectivity index (χ3n) is 3.46. The summed E-state index contributed by atoms with van der Waals surface area (Å²) in [4.78, 5) is 11.2. The number of aliphatic carboxylic acids is 1. The first-order valence-electron chi connectivity index (χ1n) is 7.22. The van der Waals surface area contributed by atoms with E-state index in [9.17, 15) is 13.2 Å². The van der Waals surface area contributed by atoms with E-state index in [-0.39, 0.29) is 4.90 Å². The van der Waals surface area contributed by atoms with Gasteiger partial charge in [-0.15, -0.1) is 0 Å². The molecule has 2 aromatic rings. The van der Waals surface area contributed by atoms with Gasteiger partial charge in [0.1, 0.15) is 6.54 Å². The van der Waals surface area contributed by atoms with Crippen LogP contribution in [0.4, 0.5) is 5.69 Å². The third kappa shape index (κ3) is 3.90. The largest absolute Gasteiger partial charge is 0.480 e. The summed E-state index contributed by atoms with van der Waals surface area (Å²) in [5.41, 5.74) is 1.39. The standard InChI is InChI=1S/C17H19NO4S/c1-13(2)14-8-10-15(11-9-14)18(12-17(19)20)23(21,22)16-6-4-3-5-7-16/h3-11,13H,12H2,1-2H3,(H,19,20). The van der Waals surface area contributed by atoms with E-state index in [0.29, 0.717) is 11.6 Å². The molecule has 0 amide bonds. The molecular weight excluding hydrogens is 314 g/mol. The number of carboxylic acids is 1. The summed E-state index contributed by atoms with van der Waals surface area (Å²) in [5, 5.41) is 9.09. The van der Waals surface area contributed by atoms with Crippen LogP contribution in [0.3, 0.4) is 0 Å². The van der Waals surface area contributed by atoms with E-state index in [1.807, 2.05) is 26.0 Å². The van der Waals surface area contributed by atoms with Crippen molar-refractivity contribution in [2.75, 3.05) is 10.8 Å². The van der Waals surface area contributed by atoms with Crippen LogP contribution in [0.25, 0.3) is 0 Å². The molecule has 2 rings (SSSR count). The molecule has 0 aliphatic rings. The van der Waals surface area contributed by atoms with Gasteiger partial charge < -0.3 is 5.11 Å². The van der Waals surface area contributed by atoms with Crippen molar-refractivity contribution >= 4 is 21.7 Å². The van der Waals surface area contributed by atoms with Crippen LogP contribution in [-0.4, -0.2) is 26.0 Å². The molecule has 0 aliphatic heterocycles. The fraction of sp³-hybridized carbons (Fsp3) is 0.235. The van der Waals surface area contributed by atoms with Crippen molar-refractivity contribution in [3.8, 4) is 0 Å². The molecule has 23 heavy (non-hydrogen) atoms. The fourth-order valence-electron chi connectivity index (χ4n) is 2.18. The minimum atomic E-state index is -3.93. The number of hydrogen-bond donors (Lipinski definition) is 1. The predicted molar refractivity (Wildman–Crippen MR) is 89.1 cm³/mol. The average molecular weight is 333 g/mol. The highest BCUT2D eigenvalue weighted by Gasteiger charge is 2.26. The van der Waals surface area contributed by atoms with E-state index in [1.165, 1.54) is 12.1 Å². The van der Waals surface area contributed by atoms with Gasteiger partial charge in [-0.25, -0.2) is 8.42 Å². The molecule has 0 aliphatic carbocycles. The lowest BCUT2D eigenvalue weighted by atomic mass is 10.0. The van der Waals surface area contributed by atoms with Crippen molar-refractivity contribution in [3.05, 3.63) is 60.2 Å². The second-order valence-electron chi connectivity index (χ2n) is 5.46. The van der Waals surface area contributed by atoms with Gasteiger partial charge in [0.05, 0.1) is 10.6 Å². The molecule has 2 aromatic carbocycles. The van der Waals surface area contributed by atoms with Gasteiger partial charge in [-0.05, 0) is 35.7 Å². The van der Waals surface area contributed by atoms with E-state index in [1.54, 1.807) is 30.3 Å². The van der Waals surface area contributed by atoms with Crippen LogP contribution in [0, 0.1) is 0 Å². The van der Waals surface area contributed by atoms with Crippen molar-refractivity contribution in [2.45, 2.75) is 24.7 Å². The maximum Gasteiger partial charge on any atom is 0.324 e. The molecule has 0 radical (unpaired) electrons. The Bertz CT molecular complexity index is 768. The summed E-state index contributed by atoms with van der Waals surface area (Å²) in [6.45, 7) is 3.44. The van der Waals surface area contributed by atoms with E-state index < -0.39 is 22.5 Å². The van der Waals surface area contributed by atoms with Gasteiger partial charge in [0.15, 0.2) is 0 Å². The first kappa shape index (κ1) is 17.0.